The first-order valence-electron chi connectivity index (χ1n) is 10.7. The van der Waals surface area contributed by atoms with Crippen LogP contribution in [0.1, 0.15) is 52.9 Å². The van der Waals surface area contributed by atoms with Crippen LogP contribution in [0.2, 0.25) is 0 Å². The van der Waals surface area contributed by atoms with Crippen molar-refractivity contribution in [3.05, 3.63) is 0 Å². The van der Waals surface area contributed by atoms with Crippen LogP contribution in [0.4, 0.5) is 0 Å². The Kier molecular flexibility index (Phi) is 11.7. The van der Waals surface area contributed by atoms with Crippen molar-refractivity contribution in [1.82, 2.24) is 20.4 Å². The van der Waals surface area contributed by atoms with Gasteiger partial charge in [-0.05, 0) is 44.4 Å². The molecule has 0 bridgehead atoms. The Morgan fingerprint density at radius 1 is 1.14 bits per heavy atom. The van der Waals surface area contributed by atoms with Gasteiger partial charge in [0.1, 0.15) is 0 Å². The van der Waals surface area contributed by atoms with Crippen molar-refractivity contribution in [2.45, 2.75) is 58.9 Å². The number of halogens is 1. The van der Waals surface area contributed by atoms with Gasteiger partial charge in [-0.3, -0.25) is 14.7 Å². The van der Waals surface area contributed by atoms with E-state index in [9.17, 15) is 9.90 Å². The number of hydrogen-bond acceptors (Lipinski definition) is 4. The number of aliphatic hydroxyl groups is 1. The highest BCUT2D eigenvalue weighted by atomic mass is 127. The summed E-state index contributed by atoms with van der Waals surface area (Å²) in [5.74, 6) is 1.12. The Labute approximate surface area is 187 Å². The number of aliphatic imine (C=N–C) groups is 1. The molecule has 2 rings (SSSR count). The molecule has 7 nitrogen and oxygen atoms in total. The highest BCUT2D eigenvalue weighted by molar-refractivity contribution is 14.0. The molecular formula is C20H40IN5O2. The minimum Gasteiger partial charge on any atom is -0.396 e. The van der Waals surface area contributed by atoms with E-state index in [-0.39, 0.29) is 41.9 Å². The number of piperazine rings is 1. The van der Waals surface area contributed by atoms with Crippen LogP contribution in [0, 0.1) is 5.41 Å². The van der Waals surface area contributed by atoms with E-state index >= 15 is 0 Å². The fourth-order valence-corrected chi connectivity index (χ4v) is 3.63. The van der Waals surface area contributed by atoms with Gasteiger partial charge in [0.2, 0.25) is 5.91 Å². The fourth-order valence-electron chi connectivity index (χ4n) is 3.63. The summed E-state index contributed by atoms with van der Waals surface area (Å²) in [6, 6.07) is 0.433. The highest BCUT2D eigenvalue weighted by Crippen LogP contribution is 2.30. The minimum absolute atomic E-state index is 0. The normalized spacial score (nSPS) is 18.6. The summed E-state index contributed by atoms with van der Waals surface area (Å²) in [6.07, 6.45) is 5.12. The number of nitrogens with zero attached hydrogens (tertiary/aromatic N) is 3. The third-order valence-electron chi connectivity index (χ3n) is 6.02. The van der Waals surface area contributed by atoms with Crippen LogP contribution in [0.3, 0.4) is 0 Å². The largest absolute Gasteiger partial charge is 0.396 e. The third-order valence-corrected chi connectivity index (χ3v) is 6.02. The maximum Gasteiger partial charge on any atom is 0.234 e. The topological polar surface area (TPSA) is 80.2 Å². The van der Waals surface area contributed by atoms with Crippen LogP contribution < -0.4 is 10.6 Å². The lowest BCUT2D eigenvalue weighted by atomic mass is 9.79. The van der Waals surface area contributed by atoms with Gasteiger partial charge in [0.25, 0.3) is 0 Å². The molecule has 1 saturated heterocycles. The standard InChI is InChI=1S/C20H39N5O2.HI/c1-4-20(5-2,9-14-26)16-22-19(21-6-3)25-12-10-24(11-13-25)15-18(27)23-17-7-8-17;/h17,26H,4-16H2,1-3H3,(H,21,22)(H,23,27);1H. The van der Waals surface area contributed by atoms with Gasteiger partial charge >= 0.3 is 0 Å². The first-order chi connectivity index (χ1) is 13.1. The van der Waals surface area contributed by atoms with Crippen LogP contribution in [0.5, 0.6) is 0 Å². The van der Waals surface area contributed by atoms with Crippen LogP contribution in [-0.2, 0) is 4.79 Å². The summed E-state index contributed by atoms with van der Waals surface area (Å²) < 4.78 is 0. The van der Waals surface area contributed by atoms with Gasteiger partial charge in [-0.15, -0.1) is 24.0 Å². The summed E-state index contributed by atoms with van der Waals surface area (Å²) in [7, 11) is 0. The minimum atomic E-state index is 0. The molecule has 1 amide bonds. The van der Waals surface area contributed by atoms with Gasteiger partial charge in [-0.25, -0.2) is 0 Å². The molecular weight excluding hydrogens is 469 g/mol. The molecule has 28 heavy (non-hydrogen) atoms. The van der Waals surface area contributed by atoms with Gasteiger partial charge < -0.3 is 20.6 Å². The van der Waals surface area contributed by atoms with E-state index in [1.54, 1.807) is 0 Å². The number of carbonyl (C=O) groups excluding carboxylic acids is 1. The third kappa shape index (κ3) is 8.02. The average Bonchev–Trinajstić information content (AvgIpc) is 3.48. The number of carbonyl (C=O) groups is 1. The fraction of sp³-hybridized carbons (Fsp3) is 0.900. The zero-order valence-electron chi connectivity index (χ0n) is 17.9. The molecule has 0 unspecified atom stereocenters. The predicted octanol–water partition coefficient (Wildman–Crippen LogP) is 1.65. The molecule has 0 atom stereocenters. The predicted molar refractivity (Wildman–Crippen MR) is 125 cm³/mol. The maximum atomic E-state index is 12.0. The molecule has 0 radical (unpaired) electrons. The van der Waals surface area contributed by atoms with Crippen LogP contribution >= 0.6 is 24.0 Å². The lowest BCUT2D eigenvalue weighted by Gasteiger charge is -2.37. The zero-order valence-corrected chi connectivity index (χ0v) is 20.2. The molecule has 1 aliphatic heterocycles. The van der Waals surface area contributed by atoms with Crippen LogP contribution in [0.15, 0.2) is 4.99 Å². The quantitative estimate of drug-likeness (QED) is 0.237. The van der Waals surface area contributed by atoms with Crippen molar-refractivity contribution < 1.29 is 9.90 Å². The number of aliphatic hydroxyl groups excluding tert-OH is 1. The smallest absolute Gasteiger partial charge is 0.234 e. The molecule has 1 heterocycles. The van der Waals surface area contributed by atoms with E-state index in [2.05, 4.69) is 41.2 Å². The molecule has 3 N–H and O–H groups in total. The van der Waals surface area contributed by atoms with Gasteiger partial charge in [0.15, 0.2) is 5.96 Å². The van der Waals surface area contributed by atoms with Gasteiger partial charge in [-0.2, -0.15) is 0 Å². The second-order valence-corrected chi connectivity index (χ2v) is 7.96. The number of nitrogens with one attached hydrogen (secondary N) is 2. The van der Waals surface area contributed by atoms with Crippen LogP contribution in [0.25, 0.3) is 0 Å². The highest BCUT2D eigenvalue weighted by Gasteiger charge is 2.28. The number of rotatable bonds is 10. The maximum absolute atomic E-state index is 12.0. The summed E-state index contributed by atoms with van der Waals surface area (Å²) in [5, 5.41) is 15.9. The van der Waals surface area contributed by atoms with Gasteiger partial charge in [-0.1, -0.05) is 13.8 Å². The van der Waals surface area contributed by atoms with E-state index in [0.29, 0.717) is 12.6 Å². The Morgan fingerprint density at radius 2 is 1.79 bits per heavy atom. The molecule has 0 aromatic rings. The molecule has 1 aliphatic carbocycles. The Morgan fingerprint density at radius 3 is 2.29 bits per heavy atom. The molecule has 0 spiro atoms. The lowest BCUT2D eigenvalue weighted by Crippen LogP contribution is -2.54. The van der Waals surface area contributed by atoms with E-state index < -0.39 is 0 Å². The Balaban J connectivity index is 0.00000392. The lowest BCUT2D eigenvalue weighted by molar-refractivity contribution is -0.122. The molecule has 0 aromatic heterocycles. The number of guanidine groups is 1. The van der Waals surface area contributed by atoms with E-state index in [0.717, 1.165) is 77.3 Å². The van der Waals surface area contributed by atoms with Crippen molar-refractivity contribution in [3.63, 3.8) is 0 Å². The summed E-state index contributed by atoms with van der Waals surface area (Å²) in [6.45, 7) is 12.3. The molecule has 2 fully saturated rings. The van der Waals surface area contributed by atoms with Crippen molar-refractivity contribution in [1.29, 1.82) is 0 Å². The van der Waals surface area contributed by atoms with E-state index in [1.165, 1.54) is 0 Å². The molecule has 1 saturated carbocycles. The van der Waals surface area contributed by atoms with Crippen molar-refractivity contribution in [2.75, 3.05) is 52.4 Å². The second-order valence-electron chi connectivity index (χ2n) is 7.96. The molecule has 8 heteroatoms. The van der Waals surface area contributed by atoms with Crippen molar-refractivity contribution in [3.8, 4) is 0 Å². The summed E-state index contributed by atoms with van der Waals surface area (Å²) in [5.41, 5.74) is 0.0815. The first kappa shape index (κ1) is 25.4. The van der Waals surface area contributed by atoms with Crippen molar-refractivity contribution in [2.24, 2.45) is 10.4 Å². The Bertz CT molecular complexity index is 487. The molecule has 0 aromatic carbocycles. The summed E-state index contributed by atoms with van der Waals surface area (Å²) >= 11 is 0. The van der Waals surface area contributed by atoms with Gasteiger partial charge in [0.05, 0.1) is 6.54 Å². The van der Waals surface area contributed by atoms with E-state index in [4.69, 9.17) is 4.99 Å². The second kappa shape index (κ2) is 12.8. The molecule has 164 valence electrons. The number of amides is 1. The van der Waals surface area contributed by atoms with Gasteiger partial charge in [0, 0.05) is 51.9 Å². The SMILES string of the molecule is CCNC(=NCC(CC)(CC)CCO)N1CCN(CC(=O)NC2CC2)CC1.I. The zero-order chi connectivity index (χ0) is 19.7. The average molecular weight is 509 g/mol. The molecule has 2 aliphatic rings. The van der Waals surface area contributed by atoms with Crippen molar-refractivity contribution >= 4 is 35.8 Å². The van der Waals surface area contributed by atoms with E-state index in [1.807, 2.05) is 0 Å². The van der Waals surface area contributed by atoms with Crippen LogP contribution in [-0.4, -0.2) is 85.2 Å². The number of hydrogen-bond donors (Lipinski definition) is 3. The first-order valence-corrected chi connectivity index (χ1v) is 10.7. The summed E-state index contributed by atoms with van der Waals surface area (Å²) in [4.78, 5) is 21.5. The monoisotopic (exact) mass is 509 g/mol. The Hall–Kier alpha value is -0.610.